The predicted molar refractivity (Wildman–Crippen MR) is 87.2 cm³/mol. The number of carbonyl (C=O) groups excluding carboxylic acids is 1. The molecule has 20 heavy (non-hydrogen) atoms. The molecule has 0 N–H and O–H groups in total. The van der Waals surface area contributed by atoms with Crippen LogP contribution in [0.4, 0.5) is 0 Å². The number of hydrogen-bond acceptors (Lipinski definition) is 2. The highest BCUT2D eigenvalue weighted by atomic mass is 28.4. The largest absolute Gasteiger partial charge is 0.543 e. The average Bonchev–Trinajstić information content (AvgIpc) is 2.36. The van der Waals surface area contributed by atoms with Gasteiger partial charge in [0.2, 0.25) is 0 Å². The van der Waals surface area contributed by atoms with Crippen LogP contribution in [-0.2, 0) is 0 Å². The maximum absolute atomic E-state index is 11.5. The molecule has 0 aromatic heterocycles. The highest BCUT2D eigenvalue weighted by molar-refractivity contribution is 6.74. The molecule has 0 aliphatic rings. The number of hydrogen-bond donors (Lipinski definition) is 0. The molecule has 0 spiro atoms. The summed E-state index contributed by atoms with van der Waals surface area (Å²) < 4.78 is 6.30. The van der Waals surface area contributed by atoms with E-state index in [0.717, 1.165) is 17.1 Å². The van der Waals surface area contributed by atoms with Crippen LogP contribution in [0.15, 0.2) is 36.4 Å². The van der Waals surface area contributed by atoms with Crippen LogP contribution in [-0.4, -0.2) is 14.6 Å². The van der Waals surface area contributed by atoms with Crippen LogP contribution in [0, 0.1) is 0 Å². The van der Waals surface area contributed by atoms with Crippen molar-refractivity contribution in [3.05, 3.63) is 42.0 Å². The normalized spacial score (nSPS) is 12.4. The van der Waals surface area contributed by atoms with Gasteiger partial charge in [-0.2, -0.15) is 0 Å². The number of rotatable bonds is 3. The van der Waals surface area contributed by atoms with Gasteiger partial charge in [0.05, 0.1) is 5.56 Å². The fraction of sp³-hybridized carbons (Fsp3) is 0.353. The van der Waals surface area contributed by atoms with E-state index >= 15 is 0 Å². The summed E-state index contributed by atoms with van der Waals surface area (Å²) in [5, 5.41) is 2.13. The smallest absolute Gasteiger partial charge is 0.250 e. The van der Waals surface area contributed by atoms with Gasteiger partial charge in [-0.25, -0.2) is 0 Å². The quantitative estimate of drug-likeness (QED) is 0.584. The molecule has 0 aliphatic heterocycles. The van der Waals surface area contributed by atoms with Crippen LogP contribution in [0.25, 0.3) is 10.8 Å². The van der Waals surface area contributed by atoms with Crippen molar-refractivity contribution in [2.75, 3.05) is 0 Å². The first-order valence-electron chi connectivity index (χ1n) is 6.92. The second kappa shape index (κ2) is 5.06. The summed E-state index contributed by atoms with van der Waals surface area (Å²) in [6.07, 6.45) is 0.908. The third-order valence-corrected chi connectivity index (χ3v) is 8.56. The second-order valence-corrected chi connectivity index (χ2v) is 11.4. The second-order valence-electron chi connectivity index (χ2n) is 6.68. The zero-order valence-corrected chi connectivity index (χ0v) is 13.9. The van der Waals surface area contributed by atoms with Gasteiger partial charge in [-0.3, -0.25) is 4.79 Å². The van der Waals surface area contributed by atoms with Crippen molar-refractivity contribution < 1.29 is 9.22 Å². The van der Waals surface area contributed by atoms with Gasteiger partial charge < -0.3 is 4.43 Å². The molecule has 0 fully saturated rings. The summed E-state index contributed by atoms with van der Waals surface area (Å²) in [5.74, 6) is 0.713. The van der Waals surface area contributed by atoms with Gasteiger partial charge in [0.25, 0.3) is 8.32 Å². The monoisotopic (exact) mass is 286 g/mol. The Morgan fingerprint density at radius 2 is 1.70 bits per heavy atom. The van der Waals surface area contributed by atoms with Crippen LogP contribution < -0.4 is 4.43 Å². The zero-order chi connectivity index (χ0) is 15.0. The molecule has 0 bridgehead atoms. The van der Waals surface area contributed by atoms with E-state index in [9.17, 15) is 4.79 Å². The number of carbonyl (C=O) groups is 1. The van der Waals surface area contributed by atoms with Gasteiger partial charge >= 0.3 is 0 Å². The van der Waals surface area contributed by atoms with Crippen LogP contribution >= 0.6 is 0 Å². The molecule has 0 saturated carbocycles. The van der Waals surface area contributed by atoms with E-state index in [-0.39, 0.29) is 5.04 Å². The first kappa shape index (κ1) is 14.8. The van der Waals surface area contributed by atoms with E-state index in [1.807, 2.05) is 36.4 Å². The molecule has 0 amide bonds. The number of benzene rings is 2. The Morgan fingerprint density at radius 1 is 1.05 bits per heavy atom. The van der Waals surface area contributed by atoms with Gasteiger partial charge in [0, 0.05) is 0 Å². The third kappa shape index (κ3) is 2.63. The molecule has 2 aromatic rings. The van der Waals surface area contributed by atoms with Crippen molar-refractivity contribution in [1.82, 2.24) is 0 Å². The van der Waals surface area contributed by atoms with Gasteiger partial charge in [-0.15, -0.1) is 0 Å². The highest BCUT2D eigenvalue weighted by Crippen LogP contribution is 2.39. The lowest BCUT2D eigenvalue weighted by atomic mass is 10.0. The summed E-state index contributed by atoms with van der Waals surface area (Å²) in [6.45, 7) is 11.0. The molecule has 0 atom stereocenters. The topological polar surface area (TPSA) is 26.3 Å². The zero-order valence-electron chi connectivity index (χ0n) is 12.9. The molecular weight excluding hydrogens is 264 g/mol. The van der Waals surface area contributed by atoms with Crippen molar-refractivity contribution >= 4 is 25.4 Å². The molecule has 2 nitrogen and oxygen atoms in total. The first-order chi connectivity index (χ1) is 9.26. The van der Waals surface area contributed by atoms with Gasteiger partial charge in [0.15, 0.2) is 6.29 Å². The predicted octanol–water partition coefficient (Wildman–Crippen LogP) is 5.04. The number of aldehydes is 1. The molecule has 106 valence electrons. The van der Waals surface area contributed by atoms with Crippen molar-refractivity contribution in [2.24, 2.45) is 0 Å². The lowest BCUT2D eigenvalue weighted by molar-refractivity contribution is 0.112. The minimum Gasteiger partial charge on any atom is -0.543 e. The van der Waals surface area contributed by atoms with Gasteiger partial charge in [-0.05, 0) is 35.0 Å². The summed E-state index contributed by atoms with van der Waals surface area (Å²) >= 11 is 0. The van der Waals surface area contributed by atoms with Crippen LogP contribution in [0.5, 0.6) is 5.75 Å². The Kier molecular flexibility index (Phi) is 3.74. The van der Waals surface area contributed by atoms with E-state index in [4.69, 9.17) is 4.43 Å². The Bertz CT molecular complexity index is 639. The summed E-state index contributed by atoms with van der Waals surface area (Å²) in [6, 6.07) is 11.9. The van der Waals surface area contributed by atoms with Crippen molar-refractivity contribution in [3.8, 4) is 5.75 Å². The minimum atomic E-state index is -1.94. The van der Waals surface area contributed by atoms with Crippen LogP contribution in [0.2, 0.25) is 18.1 Å². The number of fused-ring (bicyclic) bond motifs is 1. The molecule has 3 heteroatoms. The van der Waals surface area contributed by atoms with Crippen molar-refractivity contribution in [3.63, 3.8) is 0 Å². The Balaban J connectivity index is 2.53. The third-order valence-electron chi connectivity index (χ3n) is 4.22. The Morgan fingerprint density at radius 3 is 2.30 bits per heavy atom. The van der Waals surface area contributed by atoms with Crippen LogP contribution in [0.3, 0.4) is 0 Å². The summed E-state index contributed by atoms with van der Waals surface area (Å²) in [7, 11) is -1.94. The molecule has 0 heterocycles. The first-order valence-corrected chi connectivity index (χ1v) is 9.83. The van der Waals surface area contributed by atoms with E-state index in [1.165, 1.54) is 0 Å². The highest BCUT2D eigenvalue weighted by Gasteiger charge is 2.39. The Hall–Kier alpha value is -1.61. The Labute approximate surface area is 121 Å². The maximum Gasteiger partial charge on any atom is 0.250 e. The molecule has 2 rings (SSSR count). The summed E-state index contributed by atoms with van der Waals surface area (Å²) in [4.78, 5) is 11.5. The van der Waals surface area contributed by atoms with E-state index < -0.39 is 8.32 Å². The average molecular weight is 286 g/mol. The lowest BCUT2D eigenvalue weighted by Crippen LogP contribution is -2.44. The SMILES string of the molecule is CC(C)(C)[Si](C)(C)Oc1ccc2ccccc2c1C=O. The summed E-state index contributed by atoms with van der Waals surface area (Å²) in [5.41, 5.74) is 0.660. The molecule has 0 radical (unpaired) electrons. The lowest BCUT2D eigenvalue weighted by Gasteiger charge is -2.36. The molecule has 2 aromatic carbocycles. The minimum absolute atomic E-state index is 0.110. The van der Waals surface area contributed by atoms with E-state index in [2.05, 4.69) is 33.9 Å². The molecule has 0 saturated heterocycles. The molecule has 0 unspecified atom stereocenters. The van der Waals surface area contributed by atoms with Crippen molar-refractivity contribution in [2.45, 2.75) is 38.9 Å². The maximum atomic E-state index is 11.5. The fourth-order valence-electron chi connectivity index (χ4n) is 1.91. The molecule has 0 aliphatic carbocycles. The van der Waals surface area contributed by atoms with Gasteiger partial charge in [0.1, 0.15) is 5.75 Å². The fourth-order valence-corrected chi connectivity index (χ4v) is 2.95. The molecular formula is C17H22O2Si. The van der Waals surface area contributed by atoms with E-state index in [1.54, 1.807) is 0 Å². The van der Waals surface area contributed by atoms with Crippen LogP contribution in [0.1, 0.15) is 31.1 Å². The van der Waals surface area contributed by atoms with Gasteiger partial charge in [-0.1, -0.05) is 51.1 Å². The van der Waals surface area contributed by atoms with E-state index in [0.29, 0.717) is 11.3 Å². The standard InChI is InChI=1S/C17H22O2Si/c1-17(2,3)20(4,5)19-16-11-10-13-8-6-7-9-14(13)15(16)12-18/h6-12H,1-5H3. The van der Waals surface area contributed by atoms with Crippen molar-refractivity contribution in [1.29, 1.82) is 0 Å².